The van der Waals surface area contributed by atoms with E-state index >= 15 is 0 Å². The molecule has 0 saturated heterocycles. The smallest absolute Gasteiger partial charge is 0.228 e. The largest absolute Gasteiger partial charge is 0.339 e. The summed E-state index contributed by atoms with van der Waals surface area (Å²) in [6, 6.07) is 7.94. The molecule has 2 aromatic heterocycles. The Bertz CT molecular complexity index is 702. The van der Waals surface area contributed by atoms with Gasteiger partial charge in [0, 0.05) is 30.4 Å². The number of aryl methyl sites for hydroxylation is 3. The number of hydrogen-bond donors (Lipinski definition) is 0. The minimum atomic E-state index is -0.286. The highest BCUT2D eigenvalue weighted by Gasteiger charge is 2.09. The first-order valence-corrected chi connectivity index (χ1v) is 6.29. The van der Waals surface area contributed by atoms with Gasteiger partial charge in [-0.25, -0.2) is 4.39 Å². The molecule has 0 fully saturated rings. The summed E-state index contributed by atoms with van der Waals surface area (Å²) in [6.07, 6.45) is 2.36. The van der Waals surface area contributed by atoms with Crippen molar-refractivity contribution in [1.82, 2.24) is 19.9 Å². The molecule has 102 valence electrons. The maximum Gasteiger partial charge on any atom is 0.228 e. The molecule has 2 heterocycles. The van der Waals surface area contributed by atoms with Crippen molar-refractivity contribution >= 4 is 0 Å². The highest BCUT2D eigenvalue weighted by atomic mass is 19.1. The van der Waals surface area contributed by atoms with E-state index in [-0.39, 0.29) is 5.82 Å². The Kier molecular flexibility index (Phi) is 3.28. The van der Waals surface area contributed by atoms with Gasteiger partial charge < -0.3 is 4.52 Å². The second kappa shape index (κ2) is 5.24. The van der Waals surface area contributed by atoms with Gasteiger partial charge in [0.1, 0.15) is 5.82 Å². The van der Waals surface area contributed by atoms with E-state index in [4.69, 9.17) is 4.52 Å². The zero-order chi connectivity index (χ0) is 13.9. The zero-order valence-corrected chi connectivity index (χ0v) is 11.0. The summed E-state index contributed by atoms with van der Waals surface area (Å²) < 4.78 is 19.9. The van der Waals surface area contributed by atoms with Crippen molar-refractivity contribution in [3.8, 4) is 11.4 Å². The van der Waals surface area contributed by atoms with E-state index in [9.17, 15) is 4.39 Å². The molecule has 0 atom stereocenters. The second-order valence-corrected chi connectivity index (χ2v) is 4.46. The Balaban J connectivity index is 1.71. The molecule has 3 rings (SSSR count). The first kappa shape index (κ1) is 12.5. The Morgan fingerprint density at radius 1 is 1.20 bits per heavy atom. The summed E-state index contributed by atoms with van der Waals surface area (Å²) in [4.78, 5) is 4.30. The lowest BCUT2D eigenvalue weighted by Crippen LogP contribution is -2.04. The third-order valence-electron chi connectivity index (χ3n) is 3.04. The van der Waals surface area contributed by atoms with Crippen LogP contribution in [0.15, 0.2) is 41.1 Å². The summed E-state index contributed by atoms with van der Waals surface area (Å²) in [6.45, 7) is 2.68. The number of hydrogen-bond acceptors (Lipinski definition) is 4. The topological polar surface area (TPSA) is 56.7 Å². The minimum absolute atomic E-state index is 0.286. The maximum absolute atomic E-state index is 12.8. The summed E-state index contributed by atoms with van der Waals surface area (Å²) in [5, 5.41) is 8.09. The maximum atomic E-state index is 12.8. The van der Waals surface area contributed by atoms with E-state index < -0.39 is 0 Å². The van der Waals surface area contributed by atoms with Gasteiger partial charge in [0.15, 0.2) is 0 Å². The molecular formula is C14H13FN4O. The van der Waals surface area contributed by atoms with E-state index in [1.54, 1.807) is 18.3 Å². The molecule has 5 nitrogen and oxygen atoms in total. The predicted molar refractivity (Wildman–Crippen MR) is 70.4 cm³/mol. The van der Waals surface area contributed by atoms with Gasteiger partial charge in [0.05, 0.1) is 0 Å². The molecule has 0 amide bonds. The molecule has 0 aliphatic heterocycles. The van der Waals surface area contributed by atoms with Crippen LogP contribution in [0.4, 0.5) is 4.39 Å². The first-order chi connectivity index (χ1) is 9.72. The molecule has 0 aliphatic rings. The molecule has 0 bridgehead atoms. The number of halogens is 1. The fourth-order valence-corrected chi connectivity index (χ4v) is 1.91. The van der Waals surface area contributed by atoms with E-state index in [2.05, 4.69) is 15.2 Å². The van der Waals surface area contributed by atoms with Gasteiger partial charge in [-0.2, -0.15) is 10.1 Å². The molecule has 20 heavy (non-hydrogen) atoms. The lowest BCUT2D eigenvalue weighted by Gasteiger charge is -2.00. The summed E-state index contributed by atoms with van der Waals surface area (Å²) >= 11 is 0. The van der Waals surface area contributed by atoms with Crippen LogP contribution in [-0.2, 0) is 13.0 Å². The van der Waals surface area contributed by atoms with Crippen molar-refractivity contribution in [2.45, 2.75) is 19.9 Å². The fourth-order valence-electron chi connectivity index (χ4n) is 1.91. The van der Waals surface area contributed by atoms with Crippen LogP contribution in [0.3, 0.4) is 0 Å². The first-order valence-electron chi connectivity index (χ1n) is 6.29. The van der Waals surface area contributed by atoms with Crippen molar-refractivity contribution in [3.05, 3.63) is 53.9 Å². The average molecular weight is 272 g/mol. The van der Waals surface area contributed by atoms with Crippen molar-refractivity contribution in [2.24, 2.45) is 0 Å². The number of aromatic nitrogens is 4. The molecule has 0 unspecified atom stereocenters. The molecule has 0 spiro atoms. The number of rotatable bonds is 4. The van der Waals surface area contributed by atoms with Crippen LogP contribution in [0.2, 0.25) is 0 Å². The average Bonchev–Trinajstić information content (AvgIpc) is 3.06. The van der Waals surface area contributed by atoms with Crippen LogP contribution < -0.4 is 0 Å². The minimum Gasteiger partial charge on any atom is -0.339 e. The molecule has 0 radical (unpaired) electrons. The van der Waals surface area contributed by atoms with Crippen LogP contribution in [0.1, 0.15) is 11.6 Å². The normalized spacial score (nSPS) is 10.9. The van der Waals surface area contributed by atoms with E-state index in [1.807, 2.05) is 17.7 Å². The highest BCUT2D eigenvalue weighted by Crippen LogP contribution is 2.16. The van der Waals surface area contributed by atoms with Crippen molar-refractivity contribution < 1.29 is 8.91 Å². The van der Waals surface area contributed by atoms with Crippen LogP contribution in [-0.4, -0.2) is 19.9 Å². The lowest BCUT2D eigenvalue weighted by molar-refractivity contribution is 0.368. The fraction of sp³-hybridized carbons (Fsp3) is 0.214. The third-order valence-corrected chi connectivity index (χ3v) is 3.04. The number of benzene rings is 1. The van der Waals surface area contributed by atoms with Gasteiger partial charge in [-0.1, -0.05) is 5.16 Å². The zero-order valence-electron chi connectivity index (χ0n) is 11.0. The molecule has 6 heteroatoms. The molecule has 3 aromatic rings. The van der Waals surface area contributed by atoms with Gasteiger partial charge in [0.2, 0.25) is 11.7 Å². The van der Waals surface area contributed by atoms with Crippen LogP contribution in [0.25, 0.3) is 11.4 Å². The van der Waals surface area contributed by atoms with Crippen LogP contribution in [0, 0.1) is 12.7 Å². The molecule has 1 aromatic carbocycles. The van der Waals surface area contributed by atoms with Crippen LogP contribution in [0.5, 0.6) is 0 Å². The number of nitrogens with zero attached hydrogens (tertiary/aromatic N) is 4. The Hall–Kier alpha value is -2.50. The van der Waals surface area contributed by atoms with E-state index in [0.29, 0.717) is 24.7 Å². The molecule has 0 N–H and O–H groups in total. The highest BCUT2D eigenvalue weighted by molar-refractivity contribution is 5.53. The van der Waals surface area contributed by atoms with Gasteiger partial charge >= 0.3 is 0 Å². The quantitative estimate of drug-likeness (QED) is 0.732. The van der Waals surface area contributed by atoms with Gasteiger partial charge in [-0.15, -0.1) is 0 Å². The van der Waals surface area contributed by atoms with E-state index in [1.165, 1.54) is 12.1 Å². The van der Waals surface area contributed by atoms with Crippen molar-refractivity contribution in [3.63, 3.8) is 0 Å². The molecule has 0 saturated carbocycles. The van der Waals surface area contributed by atoms with Crippen LogP contribution >= 0.6 is 0 Å². The molecule has 0 aliphatic carbocycles. The monoisotopic (exact) mass is 272 g/mol. The predicted octanol–water partition coefficient (Wildman–Crippen LogP) is 2.62. The van der Waals surface area contributed by atoms with Crippen molar-refractivity contribution in [1.29, 1.82) is 0 Å². The lowest BCUT2D eigenvalue weighted by atomic mass is 10.2. The van der Waals surface area contributed by atoms with E-state index in [0.717, 1.165) is 11.3 Å². The summed E-state index contributed by atoms with van der Waals surface area (Å²) in [5.41, 5.74) is 1.82. The van der Waals surface area contributed by atoms with Gasteiger partial charge in [-0.3, -0.25) is 4.68 Å². The standard InChI is InChI=1S/C14H13FN4O/c1-10-6-8-16-19(10)9-7-13-17-14(18-20-13)11-2-4-12(15)5-3-11/h2-6,8H,7,9H2,1H3. The van der Waals surface area contributed by atoms with Gasteiger partial charge in [-0.05, 0) is 37.3 Å². The Morgan fingerprint density at radius 2 is 2.00 bits per heavy atom. The molecular weight excluding hydrogens is 259 g/mol. The van der Waals surface area contributed by atoms with Crippen molar-refractivity contribution in [2.75, 3.05) is 0 Å². The Morgan fingerprint density at radius 3 is 2.70 bits per heavy atom. The summed E-state index contributed by atoms with van der Waals surface area (Å²) in [5.74, 6) is 0.725. The SMILES string of the molecule is Cc1ccnn1CCc1nc(-c2ccc(F)cc2)no1. The third kappa shape index (κ3) is 2.59. The van der Waals surface area contributed by atoms with Gasteiger partial charge in [0.25, 0.3) is 0 Å². The Labute approximate surface area is 115 Å². The summed E-state index contributed by atoms with van der Waals surface area (Å²) in [7, 11) is 0. The second-order valence-electron chi connectivity index (χ2n) is 4.46.